The van der Waals surface area contributed by atoms with Crippen LogP contribution in [0.4, 0.5) is 0 Å². The minimum Gasteiger partial charge on any atom is -0.493 e. The molecule has 1 N–H and O–H groups in total. The molecule has 0 aliphatic carbocycles. The Bertz CT molecular complexity index is 933. The first-order valence-electron chi connectivity index (χ1n) is 8.57. The number of hydrogen-bond acceptors (Lipinski definition) is 7. The number of nitrogens with one attached hydrogen (secondary N) is 1. The largest absolute Gasteiger partial charge is 0.493 e. The van der Waals surface area contributed by atoms with Crippen molar-refractivity contribution in [3.63, 3.8) is 0 Å². The molecular formula is C20H22BrNO7. The zero-order chi connectivity index (χ0) is 21.6. The van der Waals surface area contributed by atoms with Crippen LogP contribution >= 0.6 is 15.9 Å². The maximum atomic E-state index is 12.4. The number of ether oxygens (including phenoxy) is 5. The Hall–Kier alpha value is -2.94. The third-order valence-electron chi connectivity index (χ3n) is 4.01. The summed E-state index contributed by atoms with van der Waals surface area (Å²) >= 11 is 3.47. The van der Waals surface area contributed by atoms with Gasteiger partial charge in [-0.1, -0.05) is 0 Å². The van der Waals surface area contributed by atoms with E-state index in [0.29, 0.717) is 38.5 Å². The Morgan fingerprint density at radius 3 is 2.31 bits per heavy atom. The van der Waals surface area contributed by atoms with E-state index < -0.39 is 11.9 Å². The second-order valence-corrected chi connectivity index (χ2v) is 6.35. The number of methoxy groups -OCH3 is 4. The van der Waals surface area contributed by atoms with Crippen molar-refractivity contribution in [3.8, 4) is 28.4 Å². The first-order chi connectivity index (χ1) is 13.9. The van der Waals surface area contributed by atoms with Crippen molar-refractivity contribution in [1.82, 2.24) is 4.98 Å². The number of benzene rings is 1. The number of H-pyrrole nitrogens is 1. The summed E-state index contributed by atoms with van der Waals surface area (Å²) in [5, 5.41) is 0. The van der Waals surface area contributed by atoms with E-state index in [0.717, 1.165) is 0 Å². The van der Waals surface area contributed by atoms with E-state index in [2.05, 4.69) is 25.7 Å². The van der Waals surface area contributed by atoms with Gasteiger partial charge in [-0.05, 0) is 41.1 Å². The van der Waals surface area contributed by atoms with Gasteiger partial charge in [0, 0.05) is 22.9 Å². The summed E-state index contributed by atoms with van der Waals surface area (Å²) in [6, 6.07) is 3.48. The van der Waals surface area contributed by atoms with Crippen LogP contribution in [0.3, 0.4) is 0 Å². The van der Waals surface area contributed by atoms with Crippen molar-refractivity contribution < 1.29 is 33.3 Å². The van der Waals surface area contributed by atoms with Gasteiger partial charge in [0.05, 0.1) is 39.5 Å². The van der Waals surface area contributed by atoms with Crippen molar-refractivity contribution in [2.45, 2.75) is 6.92 Å². The zero-order valence-corrected chi connectivity index (χ0v) is 18.3. The minimum atomic E-state index is -0.544. The number of carbonyl (C=O) groups is 2. The summed E-state index contributed by atoms with van der Waals surface area (Å²) < 4.78 is 26.5. The molecule has 2 aromatic rings. The molecule has 0 radical (unpaired) electrons. The van der Waals surface area contributed by atoms with E-state index in [1.54, 1.807) is 19.1 Å². The normalized spacial score (nSPS) is 10.7. The van der Waals surface area contributed by atoms with Crippen LogP contribution in [-0.2, 0) is 14.3 Å². The molecule has 2 rings (SSSR count). The van der Waals surface area contributed by atoms with Crippen molar-refractivity contribution >= 4 is 33.9 Å². The Morgan fingerprint density at radius 2 is 1.76 bits per heavy atom. The summed E-state index contributed by atoms with van der Waals surface area (Å²) in [6.45, 7) is 1.93. The SMILES string of the molecule is CCOC(=O)c1[nH]c(/C=C\C(=O)OC)c(-c2ccc(OC)c(OC)c2OC)c1Br. The third kappa shape index (κ3) is 4.56. The van der Waals surface area contributed by atoms with E-state index in [4.69, 9.17) is 18.9 Å². The summed E-state index contributed by atoms with van der Waals surface area (Å²) in [5.41, 5.74) is 1.85. The lowest BCUT2D eigenvalue weighted by Crippen LogP contribution is -2.05. The minimum absolute atomic E-state index is 0.197. The highest BCUT2D eigenvalue weighted by Crippen LogP contribution is 2.48. The molecule has 0 spiro atoms. The fourth-order valence-electron chi connectivity index (χ4n) is 2.75. The van der Waals surface area contributed by atoms with Crippen LogP contribution in [-0.4, -0.2) is 52.0 Å². The molecule has 0 bridgehead atoms. The summed E-state index contributed by atoms with van der Waals surface area (Å²) in [4.78, 5) is 26.9. The van der Waals surface area contributed by atoms with Gasteiger partial charge in [0.15, 0.2) is 11.5 Å². The van der Waals surface area contributed by atoms with Gasteiger partial charge >= 0.3 is 11.9 Å². The van der Waals surface area contributed by atoms with E-state index in [9.17, 15) is 9.59 Å². The Labute approximate surface area is 176 Å². The number of aromatic amines is 1. The number of carbonyl (C=O) groups excluding carboxylic acids is 2. The lowest BCUT2D eigenvalue weighted by Gasteiger charge is -2.16. The Morgan fingerprint density at radius 1 is 1.07 bits per heavy atom. The summed E-state index contributed by atoms with van der Waals surface area (Å²) in [7, 11) is 5.79. The number of aromatic nitrogens is 1. The topological polar surface area (TPSA) is 96.1 Å². The molecule has 156 valence electrons. The standard InChI is InChI=1S/C20H22BrNO7/c1-6-29-20(24)17-16(21)15(12(22-17)8-10-14(23)26-3)11-7-9-13(25-2)19(28-5)18(11)27-4/h7-10,22H,6H2,1-5H3/b10-8-. The van der Waals surface area contributed by atoms with Crippen LogP contribution in [0.5, 0.6) is 17.2 Å². The Kier molecular flexibility index (Phi) is 7.72. The number of esters is 2. The second kappa shape index (κ2) is 10.0. The van der Waals surface area contributed by atoms with Gasteiger partial charge < -0.3 is 28.7 Å². The fourth-order valence-corrected chi connectivity index (χ4v) is 3.43. The van der Waals surface area contributed by atoms with Crippen molar-refractivity contribution in [3.05, 3.63) is 34.1 Å². The molecule has 9 heteroatoms. The van der Waals surface area contributed by atoms with E-state index in [-0.39, 0.29) is 12.3 Å². The van der Waals surface area contributed by atoms with Crippen molar-refractivity contribution in [2.75, 3.05) is 35.0 Å². The number of halogens is 1. The molecule has 0 aliphatic rings. The monoisotopic (exact) mass is 467 g/mol. The first kappa shape index (κ1) is 22.4. The molecule has 0 unspecified atom stereocenters. The average molecular weight is 468 g/mol. The molecule has 8 nitrogen and oxygen atoms in total. The molecule has 0 amide bonds. The van der Waals surface area contributed by atoms with Crippen LogP contribution in [0.1, 0.15) is 23.1 Å². The number of rotatable bonds is 8. The summed E-state index contributed by atoms with van der Waals surface area (Å²) in [5.74, 6) is 0.185. The van der Waals surface area contributed by atoms with Crippen LogP contribution < -0.4 is 14.2 Å². The van der Waals surface area contributed by atoms with Crippen molar-refractivity contribution in [1.29, 1.82) is 0 Å². The lowest BCUT2D eigenvalue weighted by atomic mass is 10.0. The van der Waals surface area contributed by atoms with Crippen LogP contribution in [0.2, 0.25) is 0 Å². The highest BCUT2D eigenvalue weighted by molar-refractivity contribution is 9.10. The quantitative estimate of drug-likeness (QED) is 0.465. The molecule has 1 aromatic heterocycles. The van der Waals surface area contributed by atoms with Crippen LogP contribution in [0, 0.1) is 0 Å². The highest BCUT2D eigenvalue weighted by Gasteiger charge is 2.26. The lowest BCUT2D eigenvalue weighted by molar-refractivity contribution is -0.134. The molecular weight excluding hydrogens is 446 g/mol. The van der Waals surface area contributed by atoms with Gasteiger partial charge in [0.1, 0.15) is 5.69 Å². The van der Waals surface area contributed by atoms with E-state index in [1.165, 1.54) is 40.6 Å². The van der Waals surface area contributed by atoms with Crippen molar-refractivity contribution in [2.24, 2.45) is 0 Å². The maximum absolute atomic E-state index is 12.4. The van der Waals surface area contributed by atoms with Gasteiger partial charge in [0.2, 0.25) is 5.75 Å². The van der Waals surface area contributed by atoms with Gasteiger partial charge in [-0.15, -0.1) is 0 Å². The zero-order valence-electron chi connectivity index (χ0n) is 16.8. The second-order valence-electron chi connectivity index (χ2n) is 5.56. The van der Waals surface area contributed by atoms with Gasteiger partial charge in [-0.2, -0.15) is 0 Å². The molecule has 0 saturated heterocycles. The average Bonchev–Trinajstić information content (AvgIpc) is 3.06. The molecule has 1 aromatic carbocycles. The molecule has 1 heterocycles. The molecule has 0 saturated carbocycles. The third-order valence-corrected chi connectivity index (χ3v) is 4.80. The smallest absolute Gasteiger partial charge is 0.355 e. The predicted molar refractivity (Wildman–Crippen MR) is 111 cm³/mol. The highest BCUT2D eigenvalue weighted by atomic mass is 79.9. The van der Waals surface area contributed by atoms with Gasteiger partial charge in [-0.25, -0.2) is 9.59 Å². The number of hydrogen-bond donors (Lipinski definition) is 1. The fraction of sp³-hybridized carbons (Fsp3) is 0.300. The summed E-state index contributed by atoms with van der Waals surface area (Å²) in [6.07, 6.45) is 2.74. The molecule has 29 heavy (non-hydrogen) atoms. The van der Waals surface area contributed by atoms with Crippen LogP contribution in [0.15, 0.2) is 22.7 Å². The maximum Gasteiger partial charge on any atom is 0.355 e. The van der Waals surface area contributed by atoms with Gasteiger partial charge in [0.25, 0.3) is 0 Å². The van der Waals surface area contributed by atoms with Crippen LogP contribution in [0.25, 0.3) is 17.2 Å². The molecule has 0 fully saturated rings. The predicted octanol–water partition coefficient (Wildman–Crippen LogP) is 3.83. The molecule has 0 aliphatic heterocycles. The van der Waals surface area contributed by atoms with E-state index >= 15 is 0 Å². The first-order valence-corrected chi connectivity index (χ1v) is 9.36. The van der Waals surface area contributed by atoms with Gasteiger partial charge in [-0.3, -0.25) is 0 Å². The van der Waals surface area contributed by atoms with E-state index in [1.807, 2.05) is 0 Å². The molecule has 0 atom stereocenters. The Balaban J connectivity index is 2.78.